The second kappa shape index (κ2) is 7.75. The van der Waals surface area contributed by atoms with Gasteiger partial charge in [0.15, 0.2) is 0 Å². The van der Waals surface area contributed by atoms with Crippen LogP contribution >= 0.6 is 0 Å². The van der Waals surface area contributed by atoms with E-state index in [1.54, 1.807) is 7.11 Å². The molecule has 0 aliphatic heterocycles. The van der Waals surface area contributed by atoms with Gasteiger partial charge in [0.2, 0.25) is 0 Å². The van der Waals surface area contributed by atoms with Crippen LogP contribution in [0.25, 0.3) is 0 Å². The van der Waals surface area contributed by atoms with Crippen molar-refractivity contribution < 1.29 is 4.74 Å². The number of benzene rings is 1. The molecule has 1 aromatic carbocycles. The lowest BCUT2D eigenvalue weighted by molar-refractivity contribution is 0.0940. The fourth-order valence-electron chi connectivity index (χ4n) is 4.92. The molecular formula is C22H29N3O. The average Bonchev–Trinajstić information content (AvgIpc) is 3.08. The van der Waals surface area contributed by atoms with Gasteiger partial charge < -0.3 is 10.1 Å². The number of nitrogens with zero attached hydrogens (tertiary/aromatic N) is 2. The van der Waals surface area contributed by atoms with Crippen LogP contribution in [0.15, 0.2) is 36.7 Å². The van der Waals surface area contributed by atoms with E-state index in [0.29, 0.717) is 12.0 Å². The maximum Gasteiger partial charge on any atom is 0.128 e. The maximum atomic E-state index is 5.32. The van der Waals surface area contributed by atoms with Gasteiger partial charge in [-0.1, -0.05) is 25.5 Å². The Morgan fingerprint density at radius 2 is 1.81 bits per heavy atom. The number of fused-ring (bicyclic) bond motifs is 1. The first-order valence-electron chi connectivity index (χ1n) is 9.97. The van der Waals surface area contributed by atoms with E-state index >= 15 is 0 Å². The van der Waals surface area contributed by atoms with Gasteiger partial charge in [0, 0.05) is 42.9 Å². The molecule has 0 saturated heterocycles. The van der Waals surface area contributed by atoms with E-state index < -0.39 is 0 Å². The highest BCUT2D eigenvalue weighted by molar-refractivity contribution is 5.34. The zero-order valence-corrected chi connectivity index (χ0v) is 15.8. The van der Waals surface area contributed by atoms with Crippen LogP contribution in [0.3, 0.4) is 0 Å². The second-order valence-corrected chi connectivity index (χ2v) is 7.72. The molecule has 2 fully saturated rings. The summed E-state index contributed by atoms with van der Waals surface area (Å²) in [6.07, 6.45) is 10.1. The highest BCUT2D eigenvalue weighted by Crippen LogP contribution is 2.56. The largest absolute Gasteiger partial charge is 0.497 e. The minimum absolute atomic E-state index is 0.561. The quantitative estimate of drug-likeness (QED) is 0.815. The van der Waals surface area contributed by atoms with Gasteiger partial charge in [-0.2, -0.15) is 0 Å². The molecule has 26 heavy (non-hydrogen) atoms. The average molecular weight is 351 g/mol. The fraction of sp³-hybridized carbons (Fsp3) is 0.545. The normalized spacial score (nSPS) is 27.0. The summed E-state index contributed by atoms with van der Waals surface area (Å²) in [6, 6.07) is 9.24. The van der Waals surface area contributed by atoms with Gasteiger partial charge >= 0.3 is 0 Å². The third kappa shape index (κ3) is 3.35. The van der Waals surface area contributed by atoms with Crippen molar-refractivity contribution in [2.45, 2.75) is 57.5 Å². The Labute approximate surface area is 156 Å². The Morgan fingerprint density at radius 1 is 1.08 bits per heavy atom. The molecule has 2 aliphatic rings. The Balaban J connectivity index is 1.43. The number of hydrogen-bond donors (Lipinski definition) is 1. The molecule has 4 nitrogen and oxygen atoms in total. The van der Waals surface area contributed by atoms with Crippen molar-refractivity contribution >= 4 is 0 Å². The highest BCUT2D eigenvalue weighted by Gasteiger charge is 2.52. The summed E-state index contributed by atoms with van der Waals surface area (Å²) in [7, 11) is 1.73. The van der Waals surface area contributed by atoms with Gasteiger partial charge in [0.25, 0.3) is 0 Å². The predicted molar refractivity (Wildman–Crippen MR) is 103 cm³/mol. The van der Waals surface area contributed by atoms with Crippen molar-refractivity contribution in [1.29, 1.82) is 0 Å². The van der Waals surface area contributed by atoms with Crippen LogP contribution in [-0.2, 0) is 13.0 Å². The molecule has 1 heterocycles. The Morgan fingerprint density at radius 3 is 2.50 bits per heavy atom. The lowest BCUT2D eigenvalue weighted by atomic mass is 9.60. The number of ether oxygens (including phenoxy) is 1. The zero-order chi connectivity index (χ0) is 17.9. The molecule has 2 saturated carbocycles. The van der Waals surface area contributed by atoms with Crippen LogP contribution in [0.5, 0.6) is 5.75 Å². The first-order valence-corrected chi connectivity index (χ1v) is 9.97. The standard InChI is InChI=1S/C22H29N3O/c1-3-5-20-23-12-15(13-24-20)14-25-22-19-7-4-6-18(19)21(22)16-8-10-17(26-2)11-9-16/h8-13,18-19,21-22,25H,3-7,14H2,1-2H3/t18?,19?,21-,22-/m1/s1. The molecule has 1 aromatic heterocycles. The van der Waals surface area contributed by atoms with E-state index in [1.165, 1.54) is 30.4 Å². The monoisotopic (exact) mass is 351 g/mol. The number of hydrogen-bond acceptors (Lipinski definition) is 4. The van der Waals surface area contributed by atoms with Crippen molar-refractivity contribution in [3.8, 4) is 5.75 Å². The zero-order valence-electron chi connectivity index (χ0n) is 15.8. The Kier molecular flexibility index (Phi) is 5.21. The molecule has 4 rings (SSSR count). The molecule has 0 radical (unpaired) electrons. The summed E-state index contributed by atoms with van der Waals surface area (Å²) in [5.74, 6) is 4.16. The number of methoxy groups -OCH3 is 1. The molecule has 2 unspecified atom stereocenters. The molecule has 2 aliphatic carbocycles. The third-order valence-corrected chi connectivity index (χ3v) is 6.21. The van der Waals surface area contributed by atoms with Crippen molar-refractivity contribution in [1.82, 2.24) is 15.3 Å². The SMILES string of the molecule is CCCc1ncc(CN[C@@H]2C3CCCC3[C@H]2c2ccc(OC)cc2)cn1. The van der Waals surface area contributed by atoms with Crippen LogP contribution in [0.4, 0.5) is 0 Å². The van der Waals surface area contributed by atoms with Gasteiger partial charge in [0.05, 0.1) is 7.11 Å². The summed E-state index contributed by atoms with van der Waals surface area (Å²) in [4.78, 5) is 8.98. The molecular weight excluding hydrogens is 322 g/mol. The first-order chi connectivity index (χ1) is 12.8. The summed E-state index contributed by atoms with van der Waals surface area (Å²) in [5.41, 5.74) is 2.63. The fourth-order valence-corrected chi connectivity index (χ4v) is 4.92. The summed E-state index contributed by atoms with van der Waals surface area (Å²) in [5, 5.41) is 3.82. The minimum Gasteiger partial charge on any atom is -0.497 e. The van der Waals surface area contributed by atoms with Crippen molar-refractivity contribution in [3.05, 3.63) is 53.6 Å². The third-order valence-electron chi connectivity index (χ3n) is 6.21. The molecule has 138 valence electrons. The highest BCUT2D eigenvalue weighted by atomic mass is 16.5. The lowest BCUT2D eigenvalue weighted by Crippen LogP contribution is -2.54. The molecule has 0 bridgehead atoms. The summed E-state index contributed by atoms with van der Waals surface area (Å²) >= 11 is 0. The van der Waals surface area contributed by atoms with E-state index in [9.17, 15) is 0 Å². The van der Waals surface area contributed by atoms with Gasteiger partial charge in [-0.05, 0) is 48.8 Å². The van der Waals surface area contributed by atoms with E-state index in [-0.39, 0.29) is 0 Å². The molecule has 4 atom stereocenters. The van der Waals surface area contributed by atoms with Crippen LogP contribution in [0.1, 0.15) is 55.5 Å². The van der Waals surface area contributed by atoms with Crippen molar-refractivity contribution in [2.24, 2.45) is 11.8 Å². The van der Waals surface area contributed by atoms with E-state index in [2.05, 4.69) is 46.5 Å². The van der Waals surface area contributed by atoms with Gasteiger partial charge in [-0.25, -0.2) is 9.97 Å². The summed E-state index contributed by atoms with van der Waals surface area (Å²) in [6.45, 7) is 3.01. The lowest BCUT2D eigenvalue weighted by Gasteiger charge is -2.50. The van der Waals surface area contributed by atoms with E-state index in [4.69, 9.17) is 4.74 Å². The maximum absolute atomic E-state index is 5.32. The molecule has 4 heteroatoms. The molecule has 2 aromatic rings. The van der Waals surface area contributed by atoms with E-state index in [0.717, 1.165) is 42.8 Å². The molecule has 0 spiro atoms. The first kappa shape index (κ1) is 17.5. The number of nitrogens with one attached hydrogen (secondary N) is 1. The van der Waals surface area contributed by atoms with Crippen LogP contribution < -0.4 is 10.1 Å². The second-order valence-electron chi connectivity index (χ2n) is 7.72. The Bertz CT molecular complexity index is 713. The van der Waals surface area contributed by atoms with Crippen LogP contribution in [-0.4, -0.2) is 23.1 Å². The van der Waals surface area contributed by atoms with Crippen LogP contribution in [0.2, 0.25) is 0 Å². The summed E-state index contributed by atoms with van der Waals surface area (Å²) < 4.78 is 5.32. The Hall–Kier alpha value is -1.94. The topological polar surface area (TPSA) is 47.0 Å². The van der Waals surface area contributed by atoms with Gasteiger partial charge in [-0.15, -0.1) is 0 Å². The molecule has 1 N–H and O–H groups in total. The van der Waals surface area contributed by atoms with E-state index in [1.807, 2.05) is 12.4 Å². The predicted octanol–water partition coefficient (Wildman–Crippen LogP) is 4.11. The number of aryl methyl sites for hydroxylation is 1. The van der Waals surface area contributed by atoms with Gasteiger partial charge in [0.1, 0.15) is 11.6 Å². The van der Waals surface area contributed by atoms with Crippen LogP contribution in [0, 0.1) is 11.8 Å². The number of aromatic nitrogens is 2. The smallest absolute Gasteiger partial charge is 0.128 e. The molecule has 0 amide bonds. The van der Waals surface area contributed by atoms with Gasteiger partial charge in [-0.3, -0.25) is 0 Å². The van der Waals surface area contributed by atoms with Crippen molar-refractivity contribution in [3.63, 3.8) is 0 Å². The minimum atomic E-state index is 0.561. The van der Waals surface area contributed by atoms with Crippen molar-refractivity contribution in [2.75, 3.05) is 7.11 Å². The number of rotatable bonds is 7.